The predicted molar refractivity (Wildman–Crippen MR) is 81.3 cm³/mol. The van der Waals surface area contributed by atoms with Crippen molar-refractivity contribution in [1.82, 2.24) is 0 Å². The Kier molecular flexibility index (Phi) is 5.13. The summed E-state index contributed by atoms with van der Waals surface area (Å²) in [4.78, 5) is 0.850. The van der Waals surface area contributed by atoms with Crippen LogP contribution in [0.2, 0.25) is 5.02 Å². The molecule has 118 valence electrons. The van der Waals surface area contributed by atoms with Gasteiger partial charge in [-0.1, -0.05) is 11.6 Å². The molecule has 0 amide bonds. The SMILES string of the molecule is COc1ccc(Oc2ccc(C(F)(F)F)cc2Cl)cc1SC. The first-order chi connectivity index (χ1) is 10.3. The van der Waals surface area contributed by atoms with E-state index in [0.717, 1.165) is 17.0 Å². The molecule has 7 heteroatoms. The summed E-state index contributed by atoms with van der Waals surface area (Å²) in [5.41, 5.74) is -0.815. The zero-order valence-electron chi connectivity index (χ0n) is 11.7. The van der Waals surface area contributed by atoms with E-state index in [4.69, 9.17) is 21.1 Å². The minimum absolute atomic E-state index is 0.101. The van der Waals surface area contributed by atoms with Crippen molar-refractivity contribution in [3.8, 4) is 17.2 Å². The molecule has 0 bridgehead atoms. The molecule has 0 fully saturated rings. The van der Waals surface area contributed by atoms with Crippen LogP contribution in [0.3, 0.4) is 0 Å². The lowest BCUT2D eigenvalue weighted by atomic mass is 10.2. The van der Waals surface area contributed by atoms with E-state index in [0.29, 0.717) is 11.5 Å². The monoisotopic (exact) mass is 348 g/mol. The van der Waals surface area contributed by atoms with Crippen molar-refractivity contribution >= 4 is 23.4 Å². The quantitative estimate of drug-likeness (QED) is 0.643. The molecule has 0 heterocycles. The third-order valence-electron chi connectivity index (χ3n) is 2.84. The Hall–Kier alpha value is -1.53. The van der Waals surface area contributed by atoms with Gasteiger partial charge in [0, 0.05) is 0 Å². The van der Waals surface area contributed by atoms with E-state index in [1.54, 1.807) is 25.3 Å². The van der Waals surface area contributed by atoms with Gasteiger partial charge in [-0.3, -0.25) is 0 Å². The number of thioether (sulfide) groups is 1. The van der Waals surface area contributed by atoms with Crippen molar-refractivity contribution in [2.24, 2.45) is 0 Å². The molecule has 0 spiro atoms. The van der Waals surface area contributed by atoms with Gasteiger partial charge in [0.15, 0.2) is 0 Å². The van der Waals surface area contributed by atoms with Crippen molar-refractivity contribution in [3.63, 3.8) is 0 Å². The summed E-state index contributed by atoms with van der Waals surface area (Å²) in [5.74, 6) is 1.32. The highest BCUT2D eigenvalue weighted by molar-refractivity contribution is 7.98. The summed E-state index contributed by atoms with van der Waals surface area (Å²) in [5, 5.41) is -0.101. The smallest absolute Gasteiger partial charge is 0.416 e. The van der Waals surface area contributed by atoms with Crippen LogP contribution in [0.4, 0.5) is 13.2 Å². The summed E-state index contributed by atoms with van der Waals surface area (Å²) >= 11 is 7.33. The van der Waals surface area contributed by atoms with E-state index in [1.807, 2.05) is 6.26 Å². The standard InChI is InChI=1S/C15H12ClF3O2S/c1-20-13-6-4-10(8-14(13)22-2)21-12-5-3-9(7-11(12)16)15(17,18)19/h3-8H,1-2H3. The second kappa shape index (κ2) is 6.71. The van der Waals surface area contributed by atoms with Crippen LogP contribution in [-0.4, -0.2) is 13.4 Å². The molecule has 0 saturated heterocycles. The third-order valence-corrected chi connectivity index (χ3v) is 3.90. The molecule has 22 heavy (non-hydrogen) atoms. The number of methoxy groups -OCH3 is 1. The minimum Gasteiger partial charge on any atom is -0.496 e. The normalized spacial score (nSPS) is 11.4. The van der Waals surface area contributed by atoms with Crippen molar-refractivity contribution in [1.29, 1.82) is 0 Å². The first-order valence-electron chi connectivity index (χ1n) is 6.11. The van der Waals surface area contributed by atoms with E-state index in [1.165, 1.54) is 17.8 Å². The molecule has 0 aliphatic rings. The Morgan fingerprint density at radius 2 is 1.73 bits per heavy atom. The first-order valence-corrected chi connectivity index (χ1v) is 7.72. The average molecular weight is 349 g/mol. The van der Waals surface area contributed by atoms with Crippen molar-refractivity contribution in [3.05, 3.63) is 47.0 Å². The van der Waals surface area contributed by atoms with Crippen LogP contribution in [0, 0.1) is 0 Å². The molecule has 0 atom stereocenters. The zero-order chi connectivity index (χ0) is 16.3. The molecule has 0 aliphatic heterocycles. The number of ether oxygens (including phenoxy) is 2. The van der Waals surface area contributed by atoms with Gasteiger partial charge in [-0.05, 0) is 42.7 Å². The topological polar surface area (TPSA) is 18.5 Å². The lowest BCUT2D eigenvalue weighted by Crippen LogP contribution is -2.04. The Labute approximate surface area is 135 Å². The molecule has 2 aromatic carbocycles. The molecule has 0 aromatic heterocycles. The molecular weight excluding hydrogens is 337 g/mol. The highest BCUT2D eigenvalue weighted by Crippen LogP contribution is 2.38. The lowest BCUT2D eigenvalue weighted by Gasteiger charge is -2.12. The number of hydrogen-bond donors (Lipinski definition) is 0. The van der Waals surface area contributed by atoms with Crippen LogP contribution in [-0.2, 0) is 6.18 Å². The molecule has 2 nitrogen and oxygen atoms in total. The first kappa shape index (κ1) is 16.8. The van der Waals surface area contributed by atoms with Gasteiger partial charge in [-0.15, -0.1) is 11.8 Å². The molecular formula is C15H12ClF3O2S. The van der Waals surface area contributed by atoms with Gasteiger partial charge in [-0.2, -0.15) is 13.2 Å². The Morgan fingerprint density at radius 3 is 2.27 bits per heavy atom. The second-order valence-electron chi connectivity index (χ2n) is 4.26. The number of rotatable bonds is 4. The van der Waals surface area contributed by atoms with Gasteiger partial charge in [0.05, 0.1) is 22.6 Å². The minimum atomic E-state index is -4.44. The van der Waals surface area contributed by atoms with E-state index in [2.05, 4.69) is 0 Å². The van der Waals surface area contributed by atoms with Crippen molar-refractivity contribution < 1.29 is 22.6 Å². The fraction of sp³-hybridized carbons (Fsp3) is 0.200. The Morgan fingerprint density at radius 1 is 1.05 bits per heavy atom. The molecule has 2 aromatic rings. The van der Waals surface area contributed by atoms with Crippen LogP contribution < -0.4 is 9.47 Å². The predicted octanol–water partition coefficient (Wildman–Crippen LogP) is 5.88. The van der Waals surface area contributed by atoms with Gasteiger partial charge in [0.25, 0.3) is 0 Å². The summed E-state index contributed by atoms with van der Waals surface area (Å²) in [7, 11) is 1.56. The van der Waals surface area contributed by atoms with Crippen molar-refractivity contribution in [2.75, 3.05) is 13.4 Å². The third kappa shape index (κ3) is 3.81. The number of halogens is 4. The number of alkyl halides is 3. The van der Waals surface area contributed by atoms with E-state index < -0.39 is 11.7 Å². The fourth-order valence-corrected chi connectivity index (χ4v) is 2.57. The molecule has 0 unspecified atom stereocenters. The second-order valence-corrected chi connectivity index (χ2v) is 5.52. The van der Waals surface area contributed by atoms with Gasteiger partial charge in [0.1, 0.15) is 17.2 Å². The maximum atomic E-state index is 12.6. The van der Waals surface area contributed by atoms with E-state index >= 15 is 0 Å². The van der Waals surface area contributed by atoms with Crippen molar-refractivity contribution in [2.45, 2.75) is 11.1 Å². The van der Waals surface area contributed by atoms with E-state index in [-0.39, 0.29) is 10.8 Å². The van der Waals surface area contributed by atoms with Gasteiger partial charge in [-0.25, -0.2) is 0 Å². The number of benzene rings is 2. The van der Waals surface area contributed by atoms with Gasteiger partial charge >= 0.3 is 6.18 Å². The molecule has 0 radical (unpaired) electrons. The van der Waals surface area contributed by atoms with Gasteiger partial charge in [0.2, 0.25) is 0 Å². The Bertz CT molecular complexity index is 674. The highest BCUT2D eigenvalue weighted by Gasteiger charge is 2.31. The van der Waals surface area contributed by atoms with Crippen LogP contribution in [0.15, 0.2) is 41.3 Å². The Balaban J connectivity index is 2.28. The molecule has 2 rings (SSSR count). The largest absolute Gasteiger partial charge is 0.496 e. The molecule has 0 aliphatic carbocycles. The number of hydrogen-bond acceptors (Lipinski definition) is 3. The maximum absolute atomic E-state index is 12.6. The van der Waals surface area contributed by atoms with Gasteiger partial charge < -0.3 is 9.47 Å². The summed E-state index contributed by atoms with van der Waals surface area (Å²) < 4.78 is 48.5. The van der Waals surface area contributed by atoms with Crippen LogP contribution in [0.1, 0.15) is 5.56 Å². The fourth-order valence-electron chi connectivity index (χ4n) is 1.77. The zero-order valence-corrected chi connectivity index (χ0v) is 13.3. The molecule has 0 saturated carbocycles. The average Bonchev–Trinajstić information content (AvgIpc) is 2.48. The van der Waals surface area contributed by atoms with E-state index in [9.17, 15) is 13.2 Å². The highest BCUT2D eigenvalue weighted by atomic mass is 35.5. The summed E-state index contributed by atoms with van der Waals surface area (Å²) in [6.07, 6.45) is -2.55. The van der Waals surface area contributed by atoms with Crippen LogP contribution in [0.25, 0.3) is 0 Å². The summed E-state index contributed by atoms with van der Waals surface area (Å²) in [6.45, 7) is 0. The van der Waals surface area contributed by atoms with Crippen LogP contribution >= 0.6 is 23.4 Å². The molecule has 0 N–H and O–H groups in total. The van der Waals surface area contributed by atoms with Crippen LogP contribution in [0.5, 0.6) is 17.2 Å². The maximum Gasteiger partial charge on any atom is 0.416 e. The lowest BCUT2D eigenvalue weighted by molar-refractivity contribution is -0.137. The summed E-state index contributed by atoms with van der Waals surface area (Å²) in [6, 6.07) is 8.09.